The number of rotatable bonds is 0. The van der Waals surface area contributed by atoms with Crippen LogP contribution in [0.4, 0.5) is 0 Å². The maximum atomic E-state index is 2.29. The Kier molecular flexibility index (Phi) is 7.47. The Labute approximate surface area is 89.1 Å². The Morgan fingerprint density at radius 1 is 0.500 bits per heavy atom. The second kappa shape index (κ2) is 9.05. The molecule has 0 heterocycles. The summed E-state index contributed by atoms with van der Waals surface area (Å²) in [6.07, 6.45) is 23.5. The van der Waals surface area contributed by atoms with Crippen molar-refractivity contribution < 1.29 is 0 Å². The fourth-order valence-electron chi connectivity index (χ4n) is 1.82. The monoisotopic (exact) mass is 191 g/mol. The fraction of sp³-hybridized carbons (Fsp3) is 0.643. The van der Waals surface area contributed by atoms with E-state index in [0.717, 1.165) is 0 Å². The van der Waals surface area contributed by atoms with Gasteiger partial charge in [-0.1, -0.05) is 56.4 Å². The molecule has 1 rings (SSSR count). The van der Waals surface area contributed by atoms with Crippen LogP contribution in [0.25, 0.3) is 0 Å². The largest absolute Gasteiger partial charge is 0.0879 e. The maximum absolute atomic E-state index is 2.29. The van der Waals surface area contributed by atoms with Crippen LogP contribution in [0.15, 0.2) is 24.3 Å². The van der Waals surface area contributed by atoms with Crippen LogP contribution in [0.2, 0.25) is 0 Å². The van der Waals surface area contributed by atoms with Gasteiger partial charge in [-0.15, -0.1) is 0 Å². The standard InChI is InChI=1S/C14H23/c1-2-4-6-8-10-12-14-13-11-9-7-5-3-1/h1-5H,6-14H2/b4-2-,5-3+. The third-order valence-corrected chi connectivity index (χ3v) is 2.74. The van der Waals surface area contributed by atoms with E-state index in [-0.39, 0.29) is 0 Å². The highest BCUT2D eigenvalue weighted by molar-refractivity contribution is 5.08. The van der Waals surface area contributed by atoms with Gasteiger partial charge in [0, 0.05) is 6.42 Å². The molecule has 0 aromatic rings. The van der Waals surface area contributed by atoms with Gasteiger partial charge in [-0.05, 0) is 25.7 Å². The summed E-state index contributed by atoms with van der Waals surface area (Å²) in [5, 5.41) is 0. The molecule has 0 amide bonds. The molecule has 79 valence electrons. The molecular formula is C14H23. The van der Waals surface area contributed by atoms with Gasteiger partial charge in [0.1, 0.15) is 0 Å². The SMILES string of the molecule is [CH]1/C=C\CCCCCCCCC/C=C/1. The highest BCUT2D eigenvalue weighted by Crippen LogP contribution is 2.10. The van der Waals surface area contributed by atoms with Crippen molar-refractivity contribution in [1.82, 2.24) is 0 Å². The Hall–Kier alpha value is -0.520. The minimum Gasteiger partial charge on any atom is -0.0879 e. The predicted molar refractivity (Wildman–Crippen MR) is 64.1 cm³/mol. The summed E-state index contributed by atoms with van der Waals surface area (Å²) in [5.74, 6) is 0. The van der Waals surface area contributed by atoms with E-state index >= 15 is 0 Å². The first-order chi connectivity index (χ1) is 7.00. The molecule has 0 saturated carbocycles. The van der Waals surface area contributed by atoms with Crippen molar-refractivity contribution in [3.63, 3.8) is 0 Å². The molecule has 0 unspecified atom stereocenters. The Bertz CT molecular complexity index is 147. The van der Waals surface area contributed by atoms with Gasteiger partial charge in [0.25, 0.3) is 0 Å². The highest BCUT2D eigenvalue weighted by Gasteiger charge is 1.91. The van der Waals surface area contributed by atoms with Crippen molar-refractivity contribution in [3.8, 4) is 0 Å². The van der Waals surface area contributed by atoms with Crippen LogP contribution >= 0.6 is 0 Å². The smallest absolute Gasteiger partial charge is 0.00441 e. The molecule has 0 nitrogen and oxygen atoms in total. The topological polar surface area (TPSA) is 0 Å². The third kappa shape index (κ3) is 6.94. The van der Waals surface area contributed by atoms with E-state index in [2.05, 4.69) is 30.7 Å². The second-order valence-electron chi connectivity index (χ2n) is 4.10. The Morgan fingerprint density at radius 2 is 0.929 bits per heavy atom. The average molecular weight is 191 g/mol. The summed E-state index contributed by atoms with van der Waals surface area (Å²) < 4.78 is 0. The van der Waals surface area contributed by atoms with Gasteiger partial charge in [0.2, 0.25) is 0 Å². The van der Waals surface area contributed by atoms with Crippen LogP contribution in [-0.4, -0.2) is 0 Å². The van der Waals surface area contributed by atoms with E-state index in [1.807, 2.05) is 0 Å². The summed E-state index contributed by atoms with van der Waals surface area (Å²) in [6.45, 7) is 0. The molecule has 0 saturated heterocycles. The van der Waals surface area contributed by atoms with Gasteiger partial charge < -0.3 is 0 Å². The molecule has 0 fully saturated rings. The lowest BCUT2D eigenvalue weighted by atomic mass is 10.1. The van der Waals surface area contributed by atoms with Gasteiger partial charge in [-0.25, -0.2) is 0 Å². The fourth-order valence-corrected chi connectivity index (χ4v) is 1.82. The summed E-state index contributed by atoms with van der Waals surface area (Å²) >= 11 is 0. The lowest BCUT2D eigenvalue weighted by molar-refractivity contribution is 0.583. The first-order valence-electron chi connectivity index (χ1n) is 6.15. The van der Waals surface area contributed by atoms with E-state index in [0.29, 0.717) is 0 Å². The molecule has 1 aliphatic carbocycles. The quantitative estimate of drug-likeness (QED) is 0.514. The van der Waals surface area contributed by atoms with E-state index in [1.165, 1.54) is 57.8 Å². The predicted octanol–water partition coefficient (Wildman–Crippen LogP) is 4.83. The first-order valence-corrected chi connectivity index (χ1v) is 6.15. The summed E-state index contributed by atoms with van der Waals surface area (Å²) in [6, 6.07) is 0. The molecule has 0 aromatic heterocycles. The minimum atomic E-state index is 1.25. The lowest BCUT2D eigenvalue weighted by Gasteiger charge is -2.00. The van der Waals surface area contributed by atoms with Gasteiger partial charge in [-0.3, -0.25) is 0 Å². The van der Waals surface area contributed by atoms with Crippen LogP contribution in [0.3, 0.4) is 0 Å². The maximum Gasteiger partial charge on any atom is 0.00441 e. The van der Waals surface area contributed by atoms with E-state index in [9.17, 15) is 0 Å². The van der Waals surface area contributed by atoms with Crippen LogP contribution in [0.1, 0.15) is 57.8 Å². The van der Waals surface area contributed by atoms with E-state index in [4.69, 9.17) is 0 Å². The second-order valence-corrected chi connectivity index (χ2v) is 4.10. The van der Waals surface area contributed by atoms with Crippen LogP contribution in [-0.2, 0) is 0 Å². The molecule has 0 aliphatic heterocycles. The molecule has 0 atom stereocenters. The van der Waals surface area contributed by atoms with Gasteiger partial charge >= 0.3 is 0 Å². The zero-order valence-electron chi connectivity index (χ0n) is 9.25. The summed E-state index contributed by atoms with van der Waals surface area (Å²) in [5.41, 5.74) is 0. The van der Waals surface area contributed by atoms with Crippen molar-refractivity contribution in [1.29, 1.82) is 0 Å². The molecular weight excluding hydrogens is 168 g/mol. The van der Waals surface area contributed by atoms with E-state index in [1.54, 1.807) is 0 Å². The Balaban J connectivity index is 2.17. The molecule has 1 aliphatic rings. The summed E-state index contributed by atoms with van der Waals surface area (Å²) in [4.78, 5) is 0. The first kappa shape index (κ1) is 11.6. The molecule has 14 heavy (non-hydrogen) atoms. The molecule has 1 radical (unpaired) electrons. The van der Waals surface area contributed by atoms with Crippen molar-refractivity contribution in [3.05, 3.63) is 30.7 Å². The Morgan fingerprint density at radius 3 is 1.43 bits per heavy atom. The lowest BCUT2D eigenvalue weighted by Crippen LogP contribution is -1.81. The van der Waals surface area contributed by atoms with Crippen molar-refractivity contribution in [2.24, 2.45) is 0 Å². The third-order valence-electron chi connectivity index (χ3n) is 2.74. The van der Waals surface area contributed by atoms with Gasteiger partial charge in [0.05, 0.1) is 0 Å². The summed E-state index contributed by atoms with van der Waals surface area (Å²) in [7, 11) is 0. The normalized spacial score (nSPS) is 26.3. The molecule has 0 heteroatoms. The molecule has 0 spiro atoms. The molecule has 0 N–H and O–H groups in total. The van der Waals surface area contributed by atoms with E-state index < -0.39 is 0 Å². The minimum absolute atomic E-state index is 1.25. The van der Waals surface area contributed by atoms with Crippen LogP contribution in [0, 0.1) is 6.42 Å². The van der Waals surface area contributed by atoms with Crippen molar-refractivity contribution in [2.45, 2.75) is 57.8 Å². The zero-order valence-corrected chi connectivity index (χ0v) is 9.25. The van der Waals surface area contributed by atoms with Crippen LogP contribution < -0.4 is 0 Å². The van der Waals surface area contributed by atoms with Crippen molar-refractivity contribution >= 4 is 0 Å². The zero-order chi connectivity index (χ0) is 9.90. The van der Waals surface area contributed by atoms with Crippen molar-refractivity contribution in [2.75, 3.05) is 0 Å². The number of allylic oxidation sites excluding steroid dienone is 4. The number of hydrogen-bond donors (Lipinski definition) is 0. The molecule has 0 bridgehead atoms. The number of hydrogen-bond acceptors (Lipinski definition) is 0. The van der Waals surface area contributed by atoms with Crippen LogP contribution in [0.5, 0.6) is 0 Å². The highest BCUT2D eigenvalue weighted by atomic mass is 14.0. The average Bonchev–Trinajstić information content (AvgIpc) is 2.22. The molecule has 0 aromatic carbocycles. The van der Waals surface area contributed by atoms with Gasteiger partial charge in [0.15, 0.2) is 0 Å². The van der Waals surface area contributed by atoms with Gasteiger partial charge in [-0.2, -0.15) is 0 Å².